The van der Waals surface area contributed by atoms with Crippen molar-refractivity contribution in [2.24, 2.45) is 0 Å². The number of carboxylic acids is 1. The molecule has 1 atom stereocenters. The Bertz CT molecular complexity index is 999. The number of hydrogen-bond acceptors (Lipinski definition) is 3. The van der Waals surface area contributed by atoms with Crippen molar-refractivity contribution >= 4 is 33.5 Å². The zero-order valence-electron chi connectivity index (χ0n) is 15.1. The van der Waals surface area contributed by atoms with E-state index in [0.717, 1.165) is 15.6 Å². The van der Waals surface area contributed by atoms with Gasteiger partial charge in [0.2, 0.25) is 0 Å². The molecule has 6 nitrogen and oxygen atoms in total. The highest BCUT2D eigenvalue weighted by Gasteiger charge is 2.25. The summed E-state index contributed by atoms with van der Waals surface area (Å²) in [5.74, 6) is -1.52. The van der Waals surface area contributed by atoms with Gasteiger partial charge in [0.1, 0.15) is 17.4 Å². The lowest BCUT2D eigenvalue weighted by Gasteiger charge is -2.15. The molecule has 2 aromatic heterocycles. The Hall–Kier alpha value is -2.67. The van der Waals surface area contributed by atoms with Crippen LogP contribution in [0.5, 0.6) is 0 Å². The van der Waals surface area contributed by atoms with E-state index in [-0.39, 0.29) is 6.42 Å². The summed E-state index contributed by atoms with van der Waals surface area (Å²) in [6.07, 6.45) is 2.55. The maximum absolute atomic E-state index is 13.0. The van der Waals surface area contributed by atoms with Crippen molar-refractivity contribution in [1.82, 2.24) is 14.7 Å². The van der Waals surface area contributed by atoms with Crippen LogP contribution in [0, 0.1) is 6.92 Å². The van der Waals surface area contributed by atoms with Crippen molar-refractivity contribution in [3.8, 4) is 0 Å². The van der Waals surface area contributed by atoms with Crippen molar-refractivity contribution in [3.05, 3.63) is 69.6 Å². The number of nitrogens with one attached hydrogen (secondary N) is 1. The van der Waals surface area contributed by atoms with Gasteiger partial charge in [0.05, 0.1) is 5.69 Å². The number of amides is 1. The number of imidazole rings is 1. The molecule has 0 aliphatic heterocycles. The second kappa shape index (κ2) is 7.92. The van der Waals surface area contributed by atoms with Crippen LogP contribution < -0.4 is 5.32 Å². The van der Waals surface area contributed by atoms with Crippen LogP contribution in [0.15, 0.2) is 47.1 Å². The summed E-state index contributed by atoms with van der Waals surface area (Å²) in [4.78, 5) is 29.2. The van der Waals surface area contributed by atoms with Crippen LogP contribution in [-0.4, -0.2) is 32.4 Å². The van der Waals surface area contributed by atoms with Gasteiger partial charge in [-0.25, -0.2) is 9.78 Å². The number of rotatable bonds is 6. The van der Waals surface area contributed by atoms with Crippen LogP contribution in [0.1, 0.15) is 34.2 Å². The van der Waals surface area contributed by atoms with Gasteiger partial charge in [0, 0.05) is 17.1 Å². The van der Waals surface area contributed by atoms with Crippen LogP contribution in [0.3, 0.4) is 0 Å². The maximum atomic E-state index is 13.0. The summed E-state index contributed by atoms with van der Waals surface area (Å²) in [6.45, 7) is 3.84. The van der Waals surface area contributed by atoms with E-state index in [9.17, 15) is 14.7 Å². The van der Waals surface area contributed by atoms with E-state index in [0.29, 0.717) is 23.5 Å². The molecule has 0 spiro atoms. The summed E-state index contributed by atoms with van der Waals surface area (Å²) < 4.78 is 2.54. The minimum Gasteiger partial charge on any atom is -0.480 e. The fourth-order valence-electron chi connectivity index (χ4n) is 3.08. The molecule has 7 heteroatoms. The number of benzene rings is 1. The number of hydrogen-bond donors (Lipinski definition) is 2. The fourth-order valence-corrected chi connectivity index (χ4v) is 3.63. The Kier molecular flexibility index (Phi) is 5.60. The SMILES string of the molecule is CCc1nc2c(C)cc(Br)cn2c1C(=O)NC(Cc1ccccc1)C(=O)O. The first-order chi connectivity index (χ1) is 12.9. The first-order valence-corrected chi connectivity index (χ1v) is 9.44. The average molecular weight is 430 g/mol. The normalized spacial score (nSPS) is 12.1. The Labute approximate surface area is 165 Å². The van der Waals surface area contributed by atoms with Crippen molar-refractivity contribution in [1.29, 1.82) is 0 Å². The van der Waals surface area contributed by atoms with E-state index >= 15 is 0 Å². The number of carbonyl (C=O) groups is 2. The predicted molar refractivity (Wildman–Crippen MR) is 106 cm³/mol. The van der Waals surface area contributed by atoms with Crippen molar-refractivity contribution < 1.29 is 14.7 Å². The predicted octanol–water partition coefficient (Wildman–Crippen LogP) is 3.39. The van der Waals surface area contributed by atoms with Crippen molar-refractivity contribution in [2.45, 2.75) is 32.7 Å². The zero-order chi connectivity index (χ0) is 19.6. The van der Waals surface area contributed by atoms with E-state index in [1.54, 1.807) is 10.6 Å². The van der Waals surface area contributed by atoms with Gasteiger partial charge < -0.3 is 10.4 Å². The largest absolute Gasteiger partial charge is 0.480 e. The van der Waals surface area contributed by atoms with E-state index in [2.05, 4.69) is 26.2 Å². The Morgan fingerprint density at radius 3 is 2.63 bits per heavy atom. The van der Waals surface area contributed by atoms with Gasteiger partial charge in [-0.15, -0.1) is 0 Å². The molecule has 1 aromatic carbocycles. The number of fused-ring (bicyclic) bond motifs is 1. The molecule has 0 fully saturated rings. The molecule has 0 aliphatic rings. The highest BCUT2D eigenvalue weighted by Crippen LogP contribution is 2.21. The van der Waals surface area contributed by atoms with Gasteiger partial charge in [0.15, 0.2) is 0 Å². The fraction of sp³-hybridized carbons (Fsp3) is 0.250. The van der Waals surface area contributed by atoms with Gasteiger partial charge in [-0.1, -0.05) is 37.3 Å². The summed E-state index contributed by atoms with van der Waals surface area (Å²) in [6, 6.07) is 10.1. The van der Waals surface area contributed by atoms with Crippen LogP contribution in [0.4, 0.5) is 0 Å². The summed E-state index contributed by atoms with van der Waals surface area (Å²) in [5, 5.41) is 12.2. The van der Waals surface area contributed by atoms with E-state index < -0.39 is 17.9 Å². The molecule has 2 heterocycles. The van der Waals surface area contributed by atoms with Crippen molar-refractivity contribution in [2.75, 3.05) is 0 Å². The molecular formula is C20H20BrN3O3. The molecule has 1 amide bonds. The number of aryl methyl sites for hydroxylation is 2. The molecular weight excluding hydrogens is 410 g/mol. The second-order valence-electron chi connectivity index (χ2n) is 6.35. The first-order valence-electron chi connectivity index (χ1n) is 8.65. The van der Waals surface area contributed by atoms with E-state index in [1.807, 2.05) is 50.2 Å². The van der Waals surface area contributed by atoms with Gasteiger partial charge in [-0.2, -0.15) is 0 Å². The summed E-state index contributed by atoms with van der Waals surface area (Å²) >= 11 is 3.44. The number of carboxylic acid groups (broad SMARTS) is 1. The molecule has 0 saturated carbocycles. The first kappa shape index (κ1) is 19.1. The maximum Gasteiger partial charge on any atom is 0.326 e. The van der Waals surface area contributed by atoms with Crippen LogP contribution in [-0.2, 0) is 17.6 Å². The third-order valence-corrected chi connectivity index (χ3v) is 4.81. The number of nitrogens with zero attached hydrogens (tertiary/aromatic N) is 2. The molecule has 3 rings (SSSR count). The van der Waals surface area contributed by atoms with Gasteiger partial charge in [-0.3, -0.25) is 9.20 Å². The molecule has 27 heavy (non-hydrogen) atoms. The van der Waals surface area contributed by atoms with Crippen LogP contribution in [0.25, 0.3) is 5.65 Å². The molecule has 2 N–H and O–H groups in total. The summed E-state index contributed by atoms with van der Waals surface area (Å²) in [7, 11) is 0. The minimum absolute atomic E-state index is 0.211. The van der Waals surface area contributed by atoms with Crippen LogP contribution in [0.2, 0.25) is 0 Å². The van der Waals surface area contributed by atoms with Gasteiger partial charge in [-0.05, 0) is 46.5 Å². The number of aliphatic carboxylic acids is 1. The standard InChI is InChI=1S/C20H20BrN3O3/c1-3-15-17(24-11-14(21)9-12(2)18(24)22-15)19(25)23-16(20(26)27)10-13-7-5-4-6-8-13/h4-9,11,16H,3,10H2,1-2H3,(H,23,25)(H,26,27). The van der Waals surface area contributed by atoms with E-state index in [4.69, 9.17) is 0 Å². The number of carbonyl (C=O) groups excluding carboxylic acids is 1. The third-order valence-electron chi connectivity index (χ3n) is 4.38. The molecule has 140 valence electrons. The van der Waals surface area contributed by atoms with Gasteiger partial charge >= 0.3 is 5.97 Å². The summed E-state index contributed by atoms with van der Waals surface area (Å²) in [5.41, 5.74) is 3.47. The molecule has 0 aliphatic carbocycles. The van der Waals surface area contributed by atoms with E-state index in [1.165, 1.54) is 0 Å². The lowest BCUT2D eigenvalue weighted by atomic mass is 10.1. The Morgan fingerprint density at radius 1 is 1.30 bits per heavy atom. The minimum atomic E-state index is -1.07. The highest BCUT2D eigenvalue weighted by atomic mass is 79.9. The number of pyridine rings is 1. The Morgan fingerprint density at radius 2 is 2.00 bits per heavy atom. The number of halogens is 1. The number of aromatic nitrogens is 2. The molecule has 3 aromatic rings. The molecule has 0 saturated heterocycles. The molecule has 0 bridgehead atoms. The lowest BCUT2D eigenvalue weighted by molar-refractivity contribution is -0.139. The third kappa shape index (κ3) is 4.03. The smallest absolute Gasteiger partial charge is 0.326 e. The second-order valence-corrected chi connectivity index (χ2v) is 7.27. The molecule has 0 radical (unpaired) electrons. The Balaban J connectivity index is 1.95. The quantitative estimate of drug-likeness (QED) is 0.628. The zero-order valence-corrected chi connectivity index (χ0v) is 16.7. The van der Waals surface area contributed by atoms with Crippen LogP contribution >= 0.6 is 15.9 Å². The topological polar surface area (TPSA) is 83.7 Å². The highest BCUT2D eigenvalue weighted by molar-refractivity contribution is 9.10. The van der Waals surface area contributed by atoms with Crippen molar-refractivity contribution in [3.63, 3.8) is 0 Å². The van der Waals surface area contributed by atoms with Gasteiger partial charge in [0.25, 0.3) is 5.91 Å². The average Bonchev–Trinajstić information content (AvgIpc) is 3.00. The monoisotopic (exact) mass is 429 g/mol. The molecule has 1 unspecified atom stereocenters. The lowest BCUT2D eigenvalue weighted by Crippen LogP contribution is -2.43.